The highest BCUT2D eigenvalue weighted by Gasteiger charge is 2.52. The van der Waals surface area contributed by atoms with Crippen LogP contribution in [0.3, 0.4) is 0 Å². The second-order valence-electron chi connectivity index (χ2n) is 10.5. The van der Waals surface area contributed by atoms with Crippen LogP contribution in [0, 0.1) is 0 Å². The van der Waals surface area contributed by atoms with Gasteiger partial charge in [0.1, 0.15) is 11.5 Å². The SMILES string of the molecule is c1ccc(-c2ccc3c(c2)C2(c4ccccc4Oc4ccccc42)c2cccc4c2N3c2ccccc2O4)cc1. The lowest BCUT2D eigenvalue weighted by atomic mass is 9.60. The van der Waals surface area contributed by atoms with Crippen LogP contribution in [0.15, 0.2) is 140 Å². The Morgan fingerprint density at radius 2 is 1.00 bits per heavy atom. The van der Waals surface area contributed by atoms with Crippen molar-refractivity contribution >= 4 is 17.1 Å². The molecule has 0 N–H and O–H groups in total. The average Bonchev–Trinajstić information content (AvgIpc) is 3.02. The van der Waals surface area contributed by atoms with Crippen molar-refractivity contribution in [3.63, 3.8) is 0 Å². The summed E-state index contributed by atoms with van der Waals surface area (Å²) in [5.74, 6) is 3.46. The summed E-state index contributed by atoms with van der Waals surface area (Å²) in [4.78, 5) is 2.39. The smallest absolute Gasteiger partial charge is 0.151 e. The highest BCUT2D eigenvalue weighted by Crippen LogP contribution is 2.66. The third kappa shape index (κ3) is 2.69. The minimum Gasteiger partial charge on any atom is -0.457 e. The molecule has 1 spiro atoms. The van der Waals surface area contributed by atoms with Gasteiger partial charge in [-0.15, -0.1) is 0 Å². The van der Waals surface area contributed by atoms with Gasteiger partial charge in [0.15, 0.2) is 11.5 Å². The van der Waals surface area contributed by atoms with E-state index in [0.717, 1.165) is 51.2 Å². The lowest BCUT2D eigenvalue weighted by Gasteiger charge is -2.50. The molecule has 0 unspecified atom stereocenters. The first-order chi connectivity index (χ1) is 19.8. The Morgan fingerprint density at radius 3 is 1.77 bits per heavy atom. The van der Waals surface area contributed by atoms with E-state index >= 15 is 0 Å². The van der Waals surface area contributed by atoms with Crippen LogP contribution in [-0.2, 0) is 5.41 Å². The zero-order valence-corrected chi connectivity index (χ0v) is 21.5. The number of hydrogen-bond acceptors (Lipinski definition) is 3. The van der Waals surface area contributed by atoms with Gasteiger partial charge in [-0.3, -0.25) is 0 Å². The summed E-state index contributed by atoms with van der Waals surface area (Å²) in [6.45, 7) is 0. The number of rotatable bonds is 1. The van der Waals surface area contributed by atoms with Gasteiger partial charge in [0.25, 0.3) is 0 Å². The minimum absolute atomic E-state index is 0.608. The molecular weight excluding hydrogens is 490 g/mol. The molecule has 0 atom stereocenters. The third-order valence-corrected chi connectivity index (χ3v) is 8.50. The van der Waals surface area contributed by atoms with E-state index in [1.165, 1.54) is 22.3 Å². The van der Waals surface area contributed by atoms with Gasteiger partial charge in [-0.1, -0.05) is 97.1 Å². The highest BCUT2D eigenvalue weighted by atomic mass is 16.5. The predicted octanol–water partition coefficient (Wildman–Crippen LogP) is 9.73. The van der Waals surface area contributed by atoms with Crippen molar-refractivity contribution in [3.8, 4) is 34.1 Å². The van der Waals surface area contributed by atoms with E-state index in [1.807, 2.05) is 12.1 Å². The second kappa shape index (κ2) is 7.87. The largest absolute Gasteiger partial charge is 0.457 e. The van der Waals surface area contributed by atoms with Gasteiger partial charge in [0.2, 0.25) is 0 Å². The zero-order valence-electron chi connectivity index (χ0n) is 21.5. The highest BCUT2D eigenvalue weighted by molar-refractivity contribution is 5.97. The Morgan fingerprint density at radius 1 is 0.400 bits per heavy atom. The van der Waals surface area contributed by atoms with E-state index in [4.69, 9.17) is 9.47 Å². The summed E-state index contributed by atoms with van der Waals surface area (Å²) in [7, 11) is 0. The Balaban J connectivity index is 1.48. The summed E-state index contributed by atoms with van der Waals surface area (Å²) >= 11 is 0. The molecule has 3 aliphatic rings. The Bertz CT molecular complexity index is 1930. The van der Waals surface area contributed by atoms with Crippen LogP contribution in [0.4, 0.5) is 17.1 Å². The van der Waals surface area contributed by atoms with Crippen molar-refractivity contribution in [2.75, 3.05) is 4.90 Å². The molecule has 6 aromatic rings. The molecule has 3 heterocycles. The molecule has 3 heteroatoms. The molecule has 40 heavy (non-hydrogen) atoms. The van der Waals surface area contributed by atoms with Gasteiger partial charge in [0.05, 0.1) is 22.5 Å². The van der Waals surface area contributed by atoms with Crippen LogP contribution in [0.2, 0.25) is 0 Å². The van der Waals surface area contributed by atoms with Crippen LogP contribution in [-0.4, -0.2) is 0 Å². The average molecular weight is 514 g/mol. The number of anilines is 3. The van der Waals surface area contributed by atoms with Gasteiger partial charge < -0.3 is 14.4 Å². The lowest BCUT2D eigenvalue weighted by molar-refractivity contribution is 0.431. The molecule has 3 aliphatic heterocycles. The van der Waals surface area contributed by atoms with E-state index in [0.29, 0.717) is 0 Å². The maximum absolute atomic E-state index is 6.57. The normalized spacial score (nSPS) is 14.6. The van der Waals surface area contributed by atoms with Gasteiger partial charge in [-0.2, -0.15) is 0 Å². The van der Waals surface area contributed by atoms with Gasteiger partial charge in [0, 0.05) is 11.1 Å². The molecule has 0 aliphatic carbocycles. The van der Waals surface area contributed by atoms with Crippen molar-refractivity contribution in [2.45, 2.75) is 5.41 Å². The molecule has 0 saturated heterocycles. The van der Waals surface area contributed by atoms with Crippen LogP contribution >= 0.6 is 0 Å². The third-order valence-electron chi connectivity index (χ3n) is 8.50. The molecule has 0 saturated carbocycles. The minimum atomic E-state index is -0.608. The fraction of sp³-hybridized carbons (Fsp3) is 0.0270. The summed E-state index contributed by atoms with van der Waals surface area (Å²) < 4.78 is 13.1. The zero-order chi connectivity index (χ0) is 26.3. The Kier molecular flexibility index (Phi) is 4.26. The number of ether oxygens (including phenoxy) is 2. The van der Waals surface area contributed by atoms with Crippen LogP contribution in [0.5, 0.6) is 23.0 Å². The molecule has 0 radical (unpaired) electrons. The quantitative estimate of drug-likeness (QED) is 0.218. The van der Waals surface area contributed by atoms with E-state index in [9.17, 15) is 0 Å². The van der Waals surface area contributed by atoms with Crippen molar-refractivity contribution in [3.05, 3.63) is 162 Å². The standard InChI is InChI=1S/C37H23NO2/c1-2-11-24(12-3-1)25-21-22-30-29(23-25)37(26-13-4-7-17-32(26)39-33-18-8-5-14-27(33)37)28-15-10-20-35-36(28)38(30)31-16-6-9-19-34(31)40-35/h1-23H. The number of para-hydroxylation sites is 5. The summed E-state index contributed by atoms with van der Waals surface area (Å²) in [6, 6.07) is 49.2. The number of benzene rings is 6. The molecule has 9 rings (SSSR count). The first-order valence-electron chi connectivity index (χ1n) is 13.6. The number of nitrogens with zero attached hydrogens (tertiary/aromatic N) is 1. The lowest BCUT2D eigenvalue weighted by Crippen LogP contribution is -2.40. The maximum atomic E-state index is 6.57. The van der Waals surface area contributed by atoms with Gasteiger partial charge in [-0.05, 0) is 64.7 Å². The van der Waals surface area contributed by atoms with E-state index in [1.54, 1.807) is 0 Å². The summed E-state index contributed by atoms with van der Waals surface area (Å²) in [5, 5.41) is 0. The van der Waals surface area contributed by atoms with Crippen LogP contribution < -0.4 is 14.4 Å². The van der Waals surface area contributed by atoms with E-state index in [2.05, 4.69) is 132 Å². The molecule has 0 aromatic heterocycles. The molecular formula is C37H23NO2. The topological polar surface area (TPSA) is 21.7 Å². The molecule has 6 aromatic carbocycles. The predicted molar refractivity (Wildman–Crippen MR) is 159 cm³/mol. The fourth-order valence-corrected chi connectivity index (χ4v) is 6.92. The first-order valence-corrected chi connectivity index (χ1v) is 13.6. The second-order valence-corrected chi connectivity index (χ2v) is 10.5. The molecule has 0 fully saturated rings. The first kappa shape index (κ1) is 21.6. The number of fused-ring (bicyclic) bond motifs is 10. The van der Waals surface area contributed by atoms with E-state index < -0.39 is 5.41 Å². The summed E-state index contributed by atoms with van der Waals surface area (Å²) in [5.41, 5.74) is 9.69. The Labute approximate surface area is 232 Å². The van der Waals surface area contributed by atoms with Crippen molar-refractivity contribution in [2.24, 2.45) is 0 Å². The number of hydrogen-bond donors (Lipinski definition) is 0. The summed E-state index contributed by atoms with van der Waals surface area (Å²) in [6.07, 6.45) is 0. The van der Waals surface area contributed by atoms with E-state index in [-0.39, 0.29) is 0 Å². The molecule has 0 bridgehead atoms. The monoisotopic (exact) mass is 513 g/mol. The molecule has 188 valence electrons. The van der Waals surface area contributed by atoms with Gasteiger partial charge >= 0.3 is 0 Å². The maximum Gasteiger partial charge on any atom is 0.151 e. The molecule has 0 amide bonds. The Hall–Kier alpha value is -5.28. The van der Waals surface area contributed by atoms with Gasteiger partial charge in [-0.25, -0.2) is 0 Å². The van der Waals surface area contributed by atoms with Crippen LogP contribution in [0.1, 0.15) is 22.3 Å². The van der Waals surface area contributed by atoms with Crippen LogP contribution in [0.25, 0.3) is 11.1 Å². The fourth-order valence-electron chi connectivity index (χ4n) is 6.92. The van der Waals surface area contributed by atoms with Crippen molar-refractivity contribution in [1.29, 1.82) is 0 Å². The van der Waals surface area contributed by atoms with Crippen molar-refractivity contribution in [1.82, 2.24) is 0 Å². The molecule has 3 nitrogen and oxygen atoms in total. The van der Waals surface area contributed by atoms with Crippen molar-refractivity contribution < 1.29 is 9.47 Å².